The summed E-state index contributed by atoms with van der Waals surface area (Å²) in [5.74, 6) is -0.120. The molecule has 66 valence electrons. The van der Waals surface area contributed by atoms with Crippen LogP contribution in [0.15, 0.2) is 18.2 Å². The van der Waals surface area contributed by atoms with Crippen LogP contribution in [-0.4, -0.2) is 13.9 Å². The van der Waals surface area contributed by atoms with Gasteiger partial charge in [0, 0.05) is 6.07 Å². The van der Waals surface area contributed by atoms with Crippen molar-refractivity contribution in [1.82, 2.24) is 0 Å². The van der Waals surface area contributed by atoms with Gasteiger partial charge in [0.2, 0.25) is 0 Å². The Morgan fingerprint density at radius 1 is 1.50 bits per heavy atom. The van der Waals surface area contributed by atoms with Gasteiger partial charge in [-0.05, 0) is 12.1 Å². The first-order chi connectivity index (χ1) is 5.59. The molecule has 0 saturated carbocycles. The smallest absolute Gasteiger partial charge is 0.259 e. The van der Waals surface area contributed by atoms with Crippen LogP contribution in [0.4, 0.5) is 11.4 Å². The molecule has 0 aliphatic rings. The van der Waals surface area contributed by atoms with E-state index in [0.717, 1.165) is 0 Å². The number of rotatable bonds is 2. The molecule has 1 aromatic carbocycles. The molecule has 0 aliphatic carbocycles. The molecule has 5 nitrogen and oxygen atoms in total. The molecule has 0 spiro atoms. The molecular formula is C6H8N2O3S. The Morgan fingerprint density at radius 2 is 2.17 bits per heavy atom. The zero-order chi connectivity index (χ0) is 9.14. The van der Waals surface area contributed by atoms with Gasteiger partial charge >= 0.3 is 0 Å². The fraction of sp³-hybridized carbons (Fsp3) is 0. The molecule has 6 heteroatoms. The number of nitrogen functional groups attached to an aromatic ring is 1. The second kappa shape index (κ2) is 3.42. The van der Waals surface area contributed by atoms with Crippen LogP contribution in [-0.2, 0) is 11.3 Å². The van der Waals surface area contributed by atoms with Gasteiger partial charge in [-0.15, -0.1) is 0 Å². The normalized spacial score (nSPS) is 12.4. The molecule has 0 fully saturated rings. The first-order valence-corrected chi connectivity index (χ1v) is 4.16. The molecule has 0 amide bonds. The number of hydrogen-bond donors (Lipinski definition) is 4. The molecule has 0 aromatic heterocycles. The fourth-order valence-electron chi connectivity index (χ4n) is 0.708. The summed E-state index contributed by atoms with van der Waals surface area (Å²) in [5, 5.41) is 9.07. The fourth-order valence-corrected chi connectivity index (χ4v) is 1.04. The van der Waals surface area contributed by atoms with Crippen molar-refractivity contribution in [3.05, 3.63) is 18.2 Å². The van der Waals surface area contributed by atoms with Gasteiger partial charge in [-0.2, -0.15) is 0 Å². The summed E-state index contributed by atoms with van der Waals surface area (Å²) in [6, 6.07) is 4.19. The first-order valence-electron chi connectivity index (χ1n) is 3.05. The minimum absolute atomic E-state index is 0.120. The van der Waals surface area contributed by atoms with E-state index in [1.807, 2.05) is 0 Å². The average molecular weight is 188 g/mol. The summed E-state index contributed by atoms with van der Waals surface area (Å²) in [7, 11) is 0. The maximum Gasteiger partial charge on any atom is 0.259 e. The van der Waals surface area contributed by atoms with Crippen LogP contribution < -0.4 is 10.5 Å². The van der Waals surface area contributed by atoms with E-state index < -0.39 is 11.3 Å². The minimum atomic E-state index is -2.13. The van der Waals surface area contributed by atoms with E-state index in [9.17, 15) is 4.21 Å². The second-order valence-electron chi connectivity index (χ2n) is 2.12. The van der Waals surface area contributed by atoms with Gasteiger partial charge in [0.25, 0.3) is 11.3 Å². The van der Waals surface area contributed by atoms with E-state index in [2.05, 4.69) is 4.72 Å². The third-order valence-corrected chi connectivity index (χ3v) is 1.65. The van der Waals surface area contributed by atoms with Crippen LogP contribution in [0.2, 0.25) is 0 Å². The van der Waals surface area contributed by atoms with Crippen LogP contribution in [0.1, 0.15) is 0 Å². The van der Waals surface area contributed by atoms with Crippen molar-refractivity contribution >= 4 is 22.6 Å². The van der Waals surface area contributed by atoms with Crippen molar-refractivity contribution in [2.75, 3.05) is 10.5 Å². The Morgan fingerprint density at radius 3 is 2.67 bits per heavy atom. The number of nitrogens with one attached hydrogen (secondary N) is 1. The average Bonchev–Trinajstić information content (AvgIpc) is 1.96. The van der Waals surface area contributed by atoms with Crippen LogP contribution in [0.5, 0.6) is 5.75 Å². The standard InChI is InChI=1S/C6H8N2O3S/c7-5-2-1-4(3-6(5)9)8-12(10)11/h1-3,8-9H,7H2,(H,10,11). The molecule has 0 radical (unpaired) electrons. The quantitative estimate of drug-likeness (QED) is 0.309. The van der Waals surface area contributed by atoms with Crippen molar-refractivity contribution in [3.8, 4) is 5.75 Å². The van der Waals surface area contributed by atoms with E-state index in [4.69, 9.17) is 15.4 Å². The molecule has 1 unspecified atom stereocenters. The lowest BCUT2D eigenvalue weighted by Crippen LogP contribution is -2.01. The van der Waals surface area contributed by atoms with Gasteiger partial charge < -0.3 is 10.8 Å². The summed E-state index contributed by atoms with van der Waals surface area (Å²) in [4.78, 5) is 0. The maximum absolute atomic E-state index is 10.3. The summed E-state index contributed by atoms with van der Waals surface area (Å²) in [5.41, 5.74) is 5.87. The van der Waals surface area contributed by atoms with Crippen LogP contribution in [0.3, 0.4) is 0 Å². The predicted molar refractivity (Wildman–Crippen MR) is 46.9 cm³/mol. The van der Waals surface area contributed by atoms with Crippen molar-refractivity contribution in [1.29, 1.82) is 0 Å². The minimum Gasteiger partial charge on any atom is -0.506 e. The number of benzene rings is 1. The summed E-state index contributed by atoms with van der Waals surface area (Å²) < 4.78 is 20.9. The highest BCUT2D eigenvalue weighted by atomic mass is 32.2. The summed E-state index contributed by atoms with van der Waals surface area (Å²) >= 11 is -2.13. The molecule has 5 N–H and O–H groups in total. The van der Waals surface area contributed by atoms with Gasteiger partial charge in [-0.1, -0.05) is 0 Å². The topological polar surface area (TPSA) is 95.6 Å². The molecule has 12 heavy (non-hydrogen) atoms. The highest BCUT2D eigenvalue weighted by Crippen LogP contribution is 2.23. The largest absolute Gasteiger partial charge is 0.506 e. The molecule has 1 atom stereocenters. The number of hydrogen-bond acceptors (Lipinski definition) is 3. The van der Waals surface area contributed by atoms with Gasteiger partial charge in [0.1, 0.15) is 5.75 Å². The molecule has 0 saturated heterocycles. The number of aromatic hydroxyl groups is 1. The highest BCUT2D eigenvalue weighted by molar-refractivity contribution is 7.80. The second-order valence-corrected chi connectivity index (χ2v) is 2.83. The Labute approximate surface area is 71.6 Å². The van der Waals surface area contributed by atoms with Gasteiger partial charge in [-0.25, -0.2) is 4.21 Å². The number of nitrogens with two attached hydrogens (primary N) is 1. The van der Waals surface area contributed by atoms with Crippen LogP contribution in [0, 0.1) is 0 Å². The van der Waals surface area contributed by atoms with E-state index in [0.29, 0.717) is 5.69 Å². The zero-order valence-electron chi connectivity index (χ0n) is 6.02. The Bertz CT molecular complexity index is 316. The van der Waals surface area contributed by atoms with E-state index in [-0.39, 0.29) is 11.4 Å². The molecule has 0 heterocycles. The maximum atomic E-state index is 10.3. The SMILES string of the molecule is Nc1ccc(NS(=O)O)cc1O. The Kier molecular flexibility index (Phi) is 2.51. The molecule has 1 rings (SSSR count). The van der Waals surface area contributed by atoms with E-state index in [1.54, 1.807) is 0 Å². The van der Waals surface area contributed by atoms with Crippen molar-refractivity contribution in [3.63, 3.8) is 0 Å². The number of anilines is 2. The monoisotopic (exact) mass is 188 g/mol. The summed E-state index contributed by atoms with van der Waals surface area (Å²) in [6.45, 7) is 0. The van der Waals surface area contributed by atoms with Crippen molar-refractivity contribution in [2.24, 2.45) is 0 Å². The number of phenolic OH excluding ortho intramolecular Hbond substituents is 1. The molecule has 0 bridgehead atoms. The number of phenols is 1. The van der Waals surface area contributed by atoms with E-state index in [1.165, 1.54) is 18.2 Å². The highest BCUT2D eigenvalue weighted by Gasteiger charge is 1.99. The lowest BCUT2D eigenvalue weighted by Gasteiger charge is -2.02. The lowest BCUT2D eigenvalue weighted by atomic mass is 10.3. The molecular weight excluding hydrogens is 180 g/mol. The Balaban J connectivity index is 2.89. The third kappa shape index (κ3) is 2.11. The van der Waals surface area contributed by atoms with Gasteiger partial charge in [0.05, 0.1) is 11.4 Å². The lowest BCUT2D eigenvalue weighted by molar-refractivity contribution is 0.478. The van der Waals surface area contributed by atoms with Crippen molar-refractivity contribution in [2.45, 2.75) is 0 Å². The van der Waals surface area contributed by atoms with E-state index >= 15 is 0 Å². The van der Waals surface area contributed by atoms with Crippen LogP contribution in [0.25, 0.3) is 0 Å². The zero-order valence-corrected chi connectivity index (χ0v) is 6.84. The summed E-state index contributed by atoms with van der Waals surface area (Å²) in [6.07, 6.45) is 0. The van der Waals surface area contributed by atoms with Crippen LogP contribution >= 0.6 is 0 Å². The molecule has 0 aliphatic heterocycles. The first kappa shape index (κ1) is 8.82. The third-order valence-electron chi connectivity index (χ3n) is 1.24. The van der Waals surface area contributed by atoms with Crippen molar-refractivity contribution < 1.29 is 13.9 Å². The predicted octanol–water partition coefficient (Wildman–Crippen LogP) is 0.523. The van der Waals surface area contributed by atoms with Gasteiger partial charge in [-0.3, -0.25) is 9.27 Å². The molecule has 1 aromatic rings. The Hall–Kier alpha value is -1.27. The van der Waals surface area contributed by atoms with Gasteiger partial charge in [0.15, 0.2) is 0 Å².